The molecule has 0 bridgehead atoms. The van der Waals surface area contributed by atoms with Crippen LogP contribution in [0.4, 0.5) is 10.2 Å². The Morgan fingerprint density at radius 2 is 2.00 bits per heavy atom. The number of amides is 1. The highest BCUT2D eigenvalue weighted by molar-refractivity contribution is 8.01. The van der Waals surface area contributed by atoms with Crippen LogP contribution in [0.2, 0.25) is 0 Å². The van der Waals surface area contributed by atoms with Crippen molar-refractivity contribution in [3.05, 3.63) is 60.7 Å². The Labute approximate surface area is 163 Å². The summed E-state index contributed by atoms with van der Waals surface area (Å²) in [5.41, 5.74) is 2.29. The van der Waals surface area contributed by atoms with Crippen LogP contribution in [0.15, 0.2) is 59.2 Å². The molecule has 5 nitrogen and oxygen atoms in total. The van der Waals surface area contributed by atoms with Gasteiger partial charge in [-0.1, -0.05) is 23.9 Å². The first kappa shape index (κ1) is 17.7. The van der Waals surface area contributed by atoms with E-state index in [2.05, 4.69) is 15.3 Å². The second-order valence-corrected chi connectivity index (χ2v) is 8.10. The molecule has 0 unspecified atom stereocenters. The number of halogens is 1. The third kappa shape index (κ3) is 3.86. The number of anilines is 1. The Kier molecular flexibility index (Phi) is 4.91. The highest BCUT2D eigenvalue weighted by atomic mass is 32.2. The maximum atomic E-state index is 13.2. The summed E-state index contributed by atoms with van der Waals surface area (Å²) in [7, 11) is 1.80. The van der Waals surface area contributed by atoms with E-state index in [1.165, 1.54) is 23.9 Å². The van der Waals surface area contributed by atoms with Crippen molar-refractivity contribution >= 4 is 45.0 Å². The van der Waals surface area contributed by atoms with Crippen LogP contribution in [0.5, 0.6) is 0 Å². The van der Waals surface area contributed by atoms with Crippen molar-refractivity contribution in [3.63, 3.8) is 0 Å². The number of aryl methyl sites for hydroxylation is 1. The summed E-state index contributed by atoms with van der Waals surface area (Å²) < 4.78 is 16.8. The molecule has 4 rings (SSSR count). The number of carbonyl (C=O) groups is 1. The van der Waals surface area contributed by atoms with Gasteiger partial charge in [0, 0.05) is 12.6 Å². The van der Waals surface area contributed by atoms with Gasteiger partial charge in [-0.3, -0.25) is 4.79 Å². The number of nitrogens with zero attached hydrogens (tertiary/aromatic N) is 3. The number of aromatic nitrogens is 3. The van der Waals surface area contributed by atoms with Crippen LogP contribution in [0.25, 0.3) is 21.5 Å². The van der Waals surface area contributed by atoms with Gasteiger partial charge >= 0.3 is 0 Å². The van der Waals surface area contributed by atoms with Gasteiger partial charge in [-0.2, -0.15) is 0 Å². The van der Waals surface area contributed by atoms with Gasteiger partial charge in [0.15, 0.2) is 4.34 Å². The van der Waals surface area contributed by atoms with E-state index >= 15 is 0 Å². The zero-order chi connectivity index (χ0) is 18.8. The number of thioether (sulfide) groups is 1. The van der Waals surface area contributed by atoms with Crippen LogP contribution in [0, 0.1) is 5.82 Å². The zero-order valence-electron chi connectivity index (χ0n) is 14.3. The Balaban J connectivity index is 1.46. The Hall–Kier alpha value is -2.71. The molecule has 0 spiro atoms. The fourth-order valence-corrected chi connectivity index (χ4v) is 4.47. The van der Waals surface area contributed by atoms with E-state index < -0.39 is 0 Å². The van der Waals surface area contributed by atoms with Gasteiger partial charge in [0.05, 0.1) is 22.3 Å². The molecule has 0 saturated heterocycles. The van der Waals surface area contributed by atoms with Gasteiger partial charge in [-0.05, 0) is 36.4 Å². The molecule has 0 fully saturated rings. The number of fused-ring (bicyclic) bond motifs is 1. The summed E-state index contributed by atoms with van der Waals surface area (Å²) in [6.07, 6.45) is 1.62. The number of nitrogens with one attached hydrogen (secondary N) is 1. The fourth-order valence-electron chi connectivity index (χ4n) is 2.60. The summed E-state index contributed by atoms with van der Waals surface area (Å²) in [6, 6.07) is 13.9. The molecule has 0 aliphatic carbocycles. The lowest BCUT2D eigenvalue weighted by Gasteiger charge is -2.08. The predicted molar refractivity (Wildman–Crippen MR) is 108 cm³/mol. The Morgan fingerprint density at radius 3 is 2.78 bits per heavy atom. The van der Waals surface area contributed by atoms with E-state index in [4.69, 9.17) is 0 Å². The second-order valence-electron chi connectivity index (χ2n) is 5.84. The molecular formula is C19H15FN4OS2. The van der Waals surface area contributed by atoms with Crippen LogP contribution in [0.1, 0.15) is 0 Å². The lowest BCUT2D eigenvalue weighted by atomic mass is 10.1. The average Bonchev–Trinajstić information content (AvgIpc) is 3.24. The maximum Gasteiger partial charge on any atom is 0.235 e. The van der Waals surface area contributed by atoms with E-state index in [9.17, 15) is 9.18 Å². The molecule has 0 saturated carbocycles. The molecule has 2 aromatic carbocycles. The summed E-state index contributed by atoms with van der Waals surface area (Å²) in [5, 5.41) is 2.90. The minimum Gasteiger partial charge on any atom is -0.320 e. The van der Waals surface area contributed by atoms with Crippen molar-refractivity contribution in [1.82, 2.24) is 14.5 Å². The zero-order valence-corrected chi connectivity index (χ0v) is 16.0. The van der Waals surface area contributed by atoms with Gasteiger partial charge in [-0.15, -0.1) is 11.3 Å². The second kappa shape index (κ2) is 7.50. The lowest BCUT2D eigenvalue weighted by Crippen LogP contribution is -2.16. The molecular weight excluding hydrogens is 383 g/mol. The van der Waals surface area contributed by atoms with Crippen molar-refractivity contribution in [2.75, 3.05) is 11.1 Å². The quantitative estimate of drug-likeness (QED) is 0.501. The molecule has 4 aromatic rings. The molecule has 1 N–H and O–H groups in total. The molecule has 0 aliphatic heterocycles. The van der Waals surface area contributed by atoms with Crippen molar-refractivity contribution < 1.29 is 9.18 Å². The van der Waals surface area contributed by atoms with Crippen molar-refractivity contribution in [3.8, 4) is 11.3 Å². The molecule has 2 aromatic heterocycles. The molecule has 136 valence electrons. The summed E-state index contributed by atoms with van der Waals surface area (Å²) >= 11 is 2.97. The van der Waals surface area contributed by atoms with E-state index in [1.807, 2.05) is 24.3 Å². The molecule has 0 radical (unpaired) electrons. The SMILES string of the molecule is Cn1cnc(-c2ccc(F)cc2)c1NC(=O)CSc1nc2ccccc2s1. The topological polar surface area (TPSA) is 59.8 Å². The third-order valence-corrected chi connectivity index (χ3v) is 6.09. The Bertz CT molecular complexity index is 1070. The van der Waals surface area contributed by atoms with E-state index in [0.29, 0.717) is 11.5 Å². The predicted octanol–water partition coefficient (Wildman–Crippen LogP) is 4.57. The van der Waals surface area contributed by atoms with E-state index in [1.54, 1.807) is 41.4 Å². The number of thiazole rings is 1. The first-order valence-electron chi connectivity index (χ1n) is 8.15. The van der Waals surface area contributed by atoms with Gasteiger partial charge < -0.3 is 9.88 Å². The molecule has 1 amide bonds. The molecule has 8 heteroatoms. The van der Waals surface area contributed by atoms with E-state index in [-0.39, 0.29) is 17.5 Å². The standard InChI is InChI=1S/C19H15FN4OS2/c1-24-11-21-17(12-6-8-13(20)9-7-12)18(24)23-16(25)10-26-19-22-14-4-2-3-5-15(14)27-19/h2-9,11H,10H2,1H3,(H,23,25). The first-order valence-corrected chi connectivity index (χ1v) is 9.96. The highest BCUT2D eigenvalue weighted by Crippen LogP contribution is 2.30. The van der Waals surface area contributed by atoms with Gasteiger partial charge in [0.2, 0.25) is 5.91 Å². The minimum absolute atomic E-state index is 0.147. The van der Waals surface area contributed by atoms with Crippen molar-refractivity contribution in [2.45, 2.75) is 4.34 Å². The molecule has 0 aliphatic rings. The lowest BCUT2D eigenvalue weighted by molar-refractivity contribution is -0.113. The normalized spacial score (nSPS) is 11.0. The first-order chi connectivity index (χ1) is 13.1. The number of hydrogen-bond donors (Lipinski definition) is 1. The maximum absolute atomic E-state index is 13.2. The van der Waals surface area contributed by atoms with Crippen molar-refractivity contribution in [1.29, 1.82) is 0 Å². The molecule has 0 atom stereocenters. The fraction of sp³-hybridized carbons (Fsp3) is 0.105. The van der Waals surface area contributed by atoms with Crippen LogP contribution < -0.4 is 5.32 Å². The van der Waals surface area contributed by atoms with Crippen molar-refractivity contribution in [2.24, 2.45) is 7.05 Å². The number of carbonyl (C=O) groups excluding carboxylic acids is 1. The minimum atomic E-state index is -0.312. The number of imidazole rings is 1. The van der Waals surface area contributed by atoms with Gasteiger partial charge in [0.25, 0.3) is 0 Å². The number of benzene rings is 2. The molecule has 27 heavy (non-hydrogen) atoms. The average molecular weight is 398 g/mol. The number of hydrogen-bond acceptors (Lipinski definition) is 5. The molecule has 2 heterocycles. The smallest absolute Gasteiger partial charge is 0.235 e. The van der Waals surface area contributed by atoms with Crippen LogP contribution in [-0.2, 0) is 11.8 Å². The summed E-state index contributed by atoms with van der Waals surface area (Å²) in [6.45, 7) is 0. The number of rotatable bonds is 5. The third-order valence-electron chi connectivity index (χ3n) is 3.91. The monoisotopic (exact) mass is 398 g/mol. The summed E-state index contributed by atoms with van der Waals surface area (Å²) in [4.78, 5) is 21.3. The van der Waals surface area contributed by atoms with Crippen LogP contribution >= 0.6 is 23.1 Å². The number of para-hydroxylation sites is 1. The van der Waals surface area contributed by atoms with Crippen LogP contribution in [-0.4, -0.2) is 26.2 Å². The Morgan fingerprint density at radius 1 is 1.22 bits per heavy atom. The summed E-state index contributed by atoms with van der Waals surface area (Å²) in [5.74, 6) is 0.364. The van der Waals surface area contributed by atoms with Gasteiger partial charge in [-0.25, -0.2) is 14.4 Å². The largest absolute Gasteiger partial charge is 0.320 e. The van der Waals surface area contributed by atoms with Crippen LogP contribution in [0.3, 0.4) is 0 Å². The van der Waals surface area contributed by atoms with Gasteiger partial charge in [0.1, 0.15) is 17.3 Å². The van der Waals surface area contributed by atoms with E-state index in [0.717, 1.165) is 20.1 Å². The highest BCUT2D eigenvalue weighted by Gasteiger charge is 2.15.